The smallest absolute Gasteiger partial charge is 0.408 e. The van der Waals surface area contributed by atoms with E-state index in [0.717, 1.165) is 5.56 Å². The number of rotatable bonds is 5. The zero-order chi connectivity index (χ0) is 13.4. The van der Waals surface area contributed by atoms with E-state index in [4.69, 9.17) is 4.74 Å². The Balaban J connectivity index is 2.27. The normalized spacial score (nSPS) is 11.4. The maximum absolute atomic E-state index is 11.4. The molecule has 0 unspecified atom stereocenters. The van der Waals surface area contributed by atoms with Crippen LogP contribution in [0.25, 0.3) is 0 Å². The lowest BCUT2D eigenvalue weighted by molar-refractivity contribution is -0.140. The topological polar surface area (TPSA) is 64.6 Å². The molecule has 0 spiro atoms. The van der Waals surface area contributed by atoms with Crippen molar-refractivity contribution in [2.24, 2.45) is 0 Å². The lowest BCUT2D eigenvalue weighted by Crippen LogP contribution is -2.32. The van der Waals surface area contributed by atoms with Gasteiger partial charge in [0.1, 0.15) is 6.61 Å². The molecule has 0 heterocycles. The van der Waals surface area contributed by atoms with Gasteiger partial charge >= 0.3 is 12.1 Å². The van der Waals surface area contributed by atoms with Crippen LogP contribution in [-0.4, -0.2) is 23.2 Å². The molecule has 0 aromatic heterocycles. The highest BCUT2D eigenvalue weighted by Crippen LogP contribution is 2.05. The molecule has 5 nitrogen and oxygen atoms in total. The number of esters is 1. The first-order valence-corrected chi connectivity index (χ1v) is 6.54. The van der Waals surface area contributed by atoms with Crippen LogP contribution in [0.2, 0.25) is 0 Å². The van der Waals surface area contributed by atoms with Crippen LogP contribution < -0.4 is 5.32 Å². The van der Waals surface area contributed by atoms with Crippen molar-refractivity contribution in [3.63, 3.8) is 0 Å². The zero-order valence-electron chi connectivity index (χ0n) is 9.89. The monoisotopic (exact) mass is 363 g/mol. The fourth-order valence-electron chi connectivity index (χ4n) is 1.17. The minimum absolute atomic E-state index is 0.109. The Morgan fingerprint density at radius 1 is 1.33 bits per heavy atom. The first kappa shape index (κ1) is 14.7. The van der Waals surface area contributed by atoms with Gasteiger partial charge < -0.3 is 14.8 Å². The highest BCUT2D eigenvalue weighted by Gasteiger charge is 2.14. The number of hydrogen-bond acceptors (Lipinski definition) is 4. The minimum Gasteiger partial charge on any atom is -0.469 e. The second-order valence-corrected chi connectivity index (χ2v) is 4.96. The fraction of sp³-hybridized carbons (Fsp3) is 0.333. The van der Waals surface area contributed by atoms with E-state index in [0.29, 0.717) is 0 Å². The van der Waals surface area contributed by atoms with Crippen molar-refractivity contribution in [3.05, 3.63) is 35.9 Å². The highest BCUT2D eigenvalue weighted by atomic mass is 127. The molecule has 18 heavy (non-hydrogen) atoms. The van der Waals surface area contributed by atoms with E-state index in [1.165, 1.54) is 7.11 Å². The van der Waals surface area contributed by atoms with E-state index in [1.807, 2.05) is 52.9 Å². The third-order valence-electron chi connectivity index (χ3n) is 2.06. The van der Waals surface area contributed by atoms with Gasteiger partial charge in [0, 0.05) is 0 Å². The van der Waals surface area contributed by atoms with Crippen molar-refractivity contribution >= 4 is 34.7 Å². The van der Waals surface area contributed by atoms with Gasteiger partial charge in [-0.3, -0.25) is 4.79 Å². The molecule has 0 radical (unpaired) electrons. The molecule has 98 valence electrons. The van der Waals surface area contributed by atoms with E-state index in [1.54, 1.807) is 0 Å². The summed E-state index contributed by atoms with van der Waals surface area (Å²) in [7, 11) is 1.30. The number of amides is 1. The second-order valence-electron chi connectivity index (χ2n) is 3.45. The number of nitrogens with one attached hydrogen (secondary N) is 1. The van der Waals surface area contributed by atoms with Gasteiger partial charge in [-0.2, -0.15) is 0 Å². The second kappa shape index (κ2) is 7.91. The van der Waals surface area contributed by atoms with Crippen molar-refractivity contribution in [1.29, 1.82) is 0 Å². The van der Waals surface area contributed by atoms with Gasteiger partial charge in [-0.25, -0.2) is 4.79 Å². The molecule has 0 bridgehead atoms. The van der Waals surface area contributed by atoms with Crippen molar-refractivity contribution in [3.8, 4) is 0 Å². The third kappa shape index (κ3) is 5.85. The molecule has 1 N–H and O–H groups in total. The Labute approximate surface area is 119 Å². The predicted molar refractivity (Wildman–Crippen MR) is 74.2 cm³/mol. The van der Waals surface area contributed by atoms with Gasteiger partial charge in [0.25, 0.3) is 0 Å². The first-order chi connectivity index (χ1) is 8.61. The number of carbonyl (C=O) groups is 2. The van der Waals surface area contributed by atoms with Crippen LogP contribution in [0.15, 0.2) is 30.3 Å². The molecule has 0 saturated carbocycles. The summed E-state index contributed by atoms with van der Waals surface area (Å²) < 4.78 is 9.15. The fourth-order valence-corrected chi connectivity index (χ4v) is 1.79. The van der Waals surface area contributed by atoms with Crippen molar-refractivity contribution in [1.82, 2.24) is 5.32 Å². The highest BCUT2D eigenvalue weighted by molar-refractivity contribution is 14.1. The van der Waals surface area contributed by atoms with Crippen LogP contribution in [0.5, 0.6) is 0 Å². The number of methoxy groups -OCH3 is 1. The molecule has 0 aliphatic carbocycles. The Hall–Kier alpha value is -1.31. The van der Waals surface area contributed by atoms with Crippen molar-refractivity contribution in [2.75, 3.05) is 7.11 Å². The van der Waals surface area contributed by atoms with Crippen molar-refractivity contribution in [2.45, 2.75) is 17.1 Å². The molecule has 0 fully saturated rings. The molecular formula is C12H14INO4. The molecule has 6 heteroatoms. The quantitative estimate of drug-likeness (QED) is 0.377. The number of ether oxygens (including phenoxy) is 2. The number of alkyl halides is 1. The van der Waals surface area contributed by atoms with Crippen LogP contribution in [-0.2, 0) is 20.9 Å². The number of halogens is 1. The predicted octanol–water partition coefficient (Wildman–Crippen LogP) is 2.24. The van der Waals surface area contributed by atoms with E-state index in [-0.39, 0.29) is 23.0 Å². The summed E-state index contributed by atoms with van der Waals surface area (Å²) in [5, 5.41) is 2.54. The van der Waals surface area contributed by atoms with Gasteiger partial charge in [-0.05, 0) is 5.56 Å². The summed E-state index contributed by atoms with van der Waals surface area (Å²) >= 11 is 1.94. The number of hydrogen-bond donors (Lipinski definition) is 1. The van der Waals surface area contributed by atoms with Crippen LogP contribution in [0.3, 0.4) is 0 Å². The standard InChI is InChI=1S/C12H14INO4/c1-17-11(15)7-10(13)14-12(16)18-8-9-5-3-2-4-6-9/h2-6,10H,7-8H2,1H3,(H,14,16)/t10-/m0/s1. The van der Waals surface area contributed by atoms with Gasteiger partial charge in [0.15, 0.2) is 0 Å². The summed E-state index contributed by atoms with van der Waals surface area (Å²) in [6.45, 7) is 0.203. The summed E-state index contributed by atoms with van der Waals surface area (Å²) in [5.41, 5.74) is 0.908. The molecule has 1 aromatic carbocycles. The molecule has 1 atom stereocenters. The van der Waals surface area contributed by atoms with E-state index in [9.17, 15) is 9.59 Å². The Kier molecular flexibility index (Phi) is 6.48. The van der Waals surface area contributed by atoms with E-state index >= 15 is 0 Å². The Bertz CT molecular complexity index is 396. The molecule has 1 amide bonds. The van der Waals surface area contributed by atoms with Gasteiger partial charge in [0.05, 0.1) is 17.6 Å². The SMILES string of the molecule is COC(=O)C[C@@H](I)NC(=O)OCc1ccccc1. The summed E-state index contributed by atoms with van der Waals surface area (Å²) in [4.78, 5) is 22.4. The number of benzene rings is 1. The largest absolute Gasteiger partial charge is 0.469 e. The first-order valence-electron chi connectivity index (χ1n) is 5.30. The lowest BCUT2D eigenvalue weighted by Gasteiger charge is -2.11. The molecular weight excluding hydrogens is 349 g/mol. The Morgan fingerprint density at radius 3 is 2.61 bits per heavy atom. The van der Waals surface area contributed by atoms with Crippen molar-refractivity contribution < 1.29 is 19.1 Å². The Morgan fingerprint density at radius 2 is 2.00 bits per heavy atom. The minimum atomic E-state index is -0.554. The number of carbonyl (C=O) groups excluding carboxylic acids is 2. The van der Waals surface area contributed by atoms with Crippen LogP contribution in [0.4, 0.5) is 4.79 Å². The van der Waals surface area contributed by atoms with Crippen LogP contribution >= 0.6 is 22.6 Å². The zero-order valence-corrected chi connectivity index (χ0v) is 12.0. The van der Waals surface area contributed by atoms with Gasteiger partial charge in [0.2, 0.25) is 0 Å². The average molecular weight is 363 g/mol. The van der Waals surface area contributed by atoms with E-state index < -0.39 is 6.09 Å². The summed E-state index contributed by atoms with van der Waals surface area (Å²) in [6, 6.07) is 9.36. The van der Waals surface area contributed by atoms with Gasteiger partial charge in [-0.1, -0.05) is 52.9 Å². The molecule has 0 aliphatic heterocycles. The summed E-state index contributed by atoms with van der Waals surface area (Å²) in [6.07, 6.45) is -0.445. The third-order valence-corrected chi connectivity index (χ3v) is 2.81. The van der Waals surface area contributed by atoms with Gasteiger partial charge in [-0.15, -0.1) is 0 Å². The number of alkyl carbamates (subject to hydrolysis) is 1. The van der Waals surface area contributed by atoms with Crippen LogP contribution in [0.1, 0.15) is 12.0 Å². The van der Waals surface area contributed by atoms with Crippen LogP contribution in [0, 0.1) is 0 Å². The maximum atomic E-state index is 11.4. The summed E-state index contributed by atoms with van der Waals surface area (Å²) in [5.74, 6) is -0.377. The molecule has 0 aliphatic rings. The lowest BCUT2D eigenvalue weighted by atomic mass is 10.2. The molecule has 1 aromatic rings. The average Bonchev–Trinajstić information content (AvgIpc) is 2.37. The maximum Gasteiger partial charge on any atom is 0.408 e. The molecule has 0 saturated heterocycles. The van der Waals surface area contributed by atoms with E-state index in [2.05, 4.69) is 10.1 Å². The molecule has 1 rings (SSSR count).